The van der Waals surface area contributed by atoms with E-state index < -0.39 is 0 Å². The van der Waals surface area contributed by atoms with Crippen molar-refractivity contribution >= 4 is 0 Å². The molecule has 1 saturated heterocycles. The van der Waals surface area contributed by atoms with Gasteiger partial charge >= 0.3 is 0 Å². The molecule has 1 unspecified atom stereocenters. The maximum Gasteiger partial charge on any atom is 0.0312 e. The van der Waals surface area contributed by atoms with Gasteiger partial charge < -0.3 is 5.32 Å². The summed E-state index contributed by atoms with van der Waals surface area (Å²) < 4.78 is 0. The second-order valence-corrected chi connectivity index (χ2v) is 5.57. The first kappa shape index (κ1) is 12.5. The van der Waals surface area contributed by atoms with Gasteiger partial charge in [-0.1, -0.05) is 6.07 Å². The molecule has 94 valence electrons. The van der Waals surface area contributed by atoms with E-state index in [4.69, 9.17) is 0 Å². The minimum Gasteiger partial charge on any atom is -0.317 e. The molecule has 1 atom stereocenters. The summed E-state index contributed by atoms with van der Waals surface area (Å²) in [7, 11) is 2.07. The van der Waals surface area contributed by atoms with Crippen molar-refractivity contribution in [1.82, 2.24) is 15.2 Å². The molecular weight excluding hydrogens is 210 g/mol. The Hall–Kier alpha value is -0.930. The van der Waals surface area contributed by atoms with Crippen molar-refractivity contribution in [2.24, 2.45) is 0 Å². The Morgan fingerprint density at radius 1 is 1.53 bits per heavy atom. The van der Waals surface area contributed by atoms with Crippen molar-refractivity contribution in [1.29, 1.82) is 0 Å². The number of pyridine rings is 1. The Kier molecular flexibility index (Phi) is 3.79. The van der Waals surface area contributed by atoms with Crippen LogP contribution < -0.4 is 5.32 Å². The van der Waals surface area contributed by atoms with Crippen LogP contribution in [0, 0.1) is 0 Å². The van der Waals surface area contributed by atoms with Gasteiger partial charge in [-0.25, -0.2) is 0 Å². The molecule has 0 aromatic carbocycles. The topological polar surface area (TPSA) is 28.2 Å². The molecule has 1 aliphatic rings. The van der Waals surface area contributed by atoms with E-state index in [-0.39, 0.29) is 5.54 Å². The van der Waals surface area contributed by atoms with Gasteiger partial charge in [-0.05, 0) is 45.4 Å². The van der Waals surface area contributed by atoms with Gasteiger partial charge in [0, 0.05) is 37.1 Å². The number of hydrogen-bond acceptors (Lipinski definition) is 3. The maximum atomic E-state index is 4.19. The van der Waals surface area contributed by atoms with Crippen LogP contribution in [0.5, 0.6) is 0 Å². The zero-order valence-electron chi connectivity index (χ0n) is 11.1. The smallest absolute Gasteiger partial charge is 0.0312 e. The Morgan fingerprint density at radius 2 is 2.35 bits per heavy atom. The highest BCUT2D eigenvalue weighted by atomic mass is 15.2. The highest BCUT2D eigenvalue weighted by molar-refractivity contribution is 5.09. The molecule has 0 saturated carbocycles. The van der Waals surface area contributed by atoms with E-state index in [2.05, 4.69) is 42.2 Å². The lowest BCUT2D eigenvalue weighted by Gasteiger charge is -2.45. The van der Waals surface area contributed by atoms with E-state index in [0.717, 1.165) is 13.1 Å². The van der Waals surface area contributed by atoms with E-state index in [1.807, 2.05) is 18.5 Å². The highest BCUT2D eigenvalue weighted by Crippen LogP contribution is 2.28. The van der Waals surface area contributed by atoms with Crippen molar-refractivity contribution in [2.75, 3.05) is 13.6 Å². The third-order valence-corrected chi connectivity index (χ3v) is 3.85. The Bertz CT molecular complexity index is 348. The molecule has 2 heterocycles. The van der Waals surface area contributed by atoms with Gasteiger partial charge in [-0.15, -0.1) is 0 Å². The first-order chi connectivity index (χ1) is 8.12. The van der Waals surface area contributed by atoms with Crippen LogP contribution in [0.15, 0.2) is 24.5 Å². The second-order valence-electron chi connectivity index (χ2n) is 5.57. The summed E-state index contributed by atoms with van der Waals surface area (Å²) >= 11 is 0. The number of nitrogens with zero attached hydrogens (tertiary/aromatic N) is 2. The lowest BCUT2D eigenvalue weighted by atomic mass is 9.86. The van der Waals surface area contributed by atoms with Crippen molar-refractivity contribution in [2.45, 2.75) is 44.8 Å². The number of nitrogens with one attached hydrogen (secondary N) is 1. The van der Waals surface area contributed by atoms with Gasteiger partial charge in [0.15, 0.2) is 0 Å². The van der Waals surface area contributed by atoms with Crippen LogP contribution in [0.1, 0.15) is 32.3 Å². The van der Waals surface area contributed by atoms with Crippen molar-refractivity contribution in [3.63, 3.8) is 0 Å². The highest BCUT2D eigenvalue weighted by Gasteiger charge is 2.33. The van der Waals surface area contributed by atoms with Gasteiger partial charge in [-0.2, -0.15) is 0 Å². The van der Waals surface area contributed by atoms with Gasteiger partial charge in [0.05, 0.1) is 0 Å². The fourth-order valence-electron chi connectivity index (χ4n) is 2.70. The fraction of sp³-hybridized carbons (Fsp3) is 0.643. The van der Waals surface area contributed by atoms with Crippen LogP contribution in [0.2, 0.25) is 0 Å². The van der Waals surface area contributed by atoms with E-state index >= 15 is 0 Å². The molecular formula is C14H23N3. The molecule has 0 aliphatic carbocycles. The normalized spacial score (nSPS) is 24.8. The predicted octanol–water partition coefficient (Wildman–Crippen LogP) is 2.04. The summed E-state index contributed by atoms with van der Waals surface area (Å²) in [5, 5.41) is 3.40. The summed E-state index contributed by atoms with van der Waals surface area (Å²) in [5.41, 5.74) is 1.57. The lowest BCUT2D eigenvalue weighted by molar-refractivity contribution is 0.0528. The third kappa shape index (κ3) is 3.05. The number of rotatable bonds is 3. The maximum absolute atomic E-state index is 4.19. The zero-order chi connectivity index (χ0) is 12.3. The number of hydrogen-bond donors (Lipinski definition) is 1. The minimum atomic E-state index is 0.266. The predicted molar refractivity (Wildman–Crippen MR) is 70.8 cm³/mol. The quantitative estimate of drug-likeness (QED) is 0.866. The van der Waals surface area contributed by atoms with Gasteiger partial charge in [0.2, 0.25) is 0 Å². The number of piperidine rings is 1. The van der Waals surface area contributed by atoms with Crippen LogP contribution in [0.3, 0.4) is 0 Å². The van der Waals surface area contributed by atoms with Gasteiger partial charge in [-0.3, -0.25) is 9.88 Å². The molecule has 2 rings (SSSR count). The number of aromatic nitrogens is 1. The van der Waals surface area contributed by atoms with Gasteiger partial charge in [0.25, 0.3) is 0 Å². The molecule has 3 heteroatoms. The van der Waals surface area contributed by atoms with Crippen LogP contribution in [-0.2, 0) is 6.54 Å². The molecule has 0 radical (unpaired) electrons. The molecule has 1 aliphatic heterocycles. The number of likely N-dealkylation sites (tertiary alicyclic amines) is 1. The third-order valence-electron chi connectivity index (χ3n) is 3.85. The zero-order valence-corrected chi connectivity index (χ0v) is 11.1. The Morgan fingerprint density at radius 3 is 2.94 bits per heavy atom. The van der Waals surface area contributed by atoms with E-state index in [1.165, 1.54) is 18.4 Å². The first-order valence-electron chi connectivity index (χ1n) is 6.43. The summed E-state index contributed by atoms with van der Waals surface area (Å²) in [4.78, 5) is 6.76. The Labute approximate surface area is 104 Å². The molecule has 0 amide bonds. The summed E-state index contributed by atoms with van der Waals surface area (Å²) in [6.45, 7) is 6.85. The van der Waals surface area contributed by atoms with E-state index in [0.29, 0.717) is 6.04 Å². The van der Waals surface area contributed by atoms with Crippen molar-refractivity contribution < 1.29 is 0 Å². The molecule has 1 N–H and O–H groups in total. The molecule has 1 fully saturated rings. The molecule has 0 spiro atoms. The van der Waals surface area contributed by atoms with Gasteiger partial charge in [0.1, 0.15) is 0 Å². The summed E-state index contributed by atoms with van der Waals surface area (Å²) in [6, 6.07) is 4.84. The van der Waals surface area contributed by atoms with Crippen molar-refractivity contribution in [3.05, 3.63) is 30.1 Å². The average Bonchev–Trinajstić information content (AvgIpc) is 2.33. The SMILES string of the molecule is CNC1CCN(Cc2cccnc2)C(C)(C)C1. The van der Waals surface area contributed by atoms with Crippen LogP contribution in [-0.4, -0.2) is 35.1 Å². The summed E-state index contributed by atoms with van der Waals surface area (Å²) in [5.74, 6) is 0. The Balaban J connectivity index is 2.02. The molecule has 0 bridgehead atoms. The largest absolute Gasteiger partial charge is 0.317 e. The molecule has 1 aromatic heterocycles. The summed E-state index contributed by atoms with van der Waals surface area (Å²) in [6.07, 6.45) is 6.26. The minimum absolute atomic E-state index is 0.266. The van der Waals surface area contributed by atoms with E-state index in [9.17, 15) is 0 Å². The lowest BCUT2D eigenvalue weighted by Crippen LogP contribution is -2.53. The molecule has 17 heavy (non-hydrogen) atoms. The van der Waals surface area contributed by atoms with Crippen LogP contribution in [0.25, 0.3) is 0 Å². The average molecular weight is 233 g/mol. The van der Waals surface area contributed by atoms with Crippen LogP contribution in [0.4, 0.5) is 0 Å². The molecule has 3 nitrogen and oxygen atoms in total. The standard InChI is InChI=1S/C14H23N3/c1-14(2)9-13(15-3)6-8-17(14)11-12-5-4-7-16-10-12/h4-5,7,10,13,15H,6,8-9,11H2,1-3H3. The van der Waals surface area contributed by atoms with Crippen molar-refractivity contribution in [3.8, 4) is 0 Å². The first-order valence-corrected chi connectivity index (χ1v) is 6.43. The van der Waals surface area contributed by atoms with E-state index in [1.54, 1.807) is 0 Å². The second kappa shape index (κ2) is 5.15. The monoisotopic (exact) mass is 233 g/mol. The molecule has 1 aromatic rings. The fourth-order valence-corrected chi connectivity index (χ4v) is 2.70. The van der Waals surface area contributed by atoms with Crippen LogP contribution >= 0.6 is 0 Å².